The molecule has 1 unspecified atom stereocenters. The number of anilines is 1. The molecule has 0 aliphatic carbocycles. The van der Waals surface area contributed by atoms with Crippen LogP contribution in [0.25, 0.3) is 76.5 Å². The Morgan fingerprint density at radius 3 is 1.98 bits per heavy atom. The Balaban J connectivity index is 1.04. The van der Waals surface area contributed by atoms with E-state index in [4.69, 9.17) is 4.99 Å². The van der Waals surface area contributed by atoms with Crippen LogP contribution >= 0.6 is 0 Å². The molecule has 0 saturated heterocycles. The minimum Gasteiger partial charge on any atom is -0.360 e. The van der Waals surface area contributed by atoms with Gasteiger partial charge < -0.3 is 14.5 Å². The number of nitrogens with one attached hydrogen (secondary N) is 1. The molecule has 3 heterocycles. The first-order chi connectivity index (χ1) is 27.8. The van der Waals surface area contributed by atoms with Crippen molar-refractivity contribution in [2.75, 3.05) is 5.32 Å². The van der Waals surface area contributed by atoms with E-state index in [2.05, 4.69) is 209 Å². The number of benzene rings is 9. The molecule has 56 heavy (non-hydrogen) atoms. The van der Waals surface area contributed by atoms with Crippen LogP contribution in [0.5, 0.6) is 0 Å². The van der Waals surface area contributed by atoms with Crippen LogP contribution in [0.4, 0.5) is 5.69 Å². The van der Waals surface area contributed by atoms with Gasteiger partial charge in [0.15, 0.2) is 0 Å². The Hall–Kier alpha value is -7.43. The Bertz CT molecular complexity index is 3390. The summed E-state index contributed by atoms with van der Waals surface area (Å²) in [5, 5.41) is 13.7. The molecule has 2 aromatic heterocycles. The van der Waals surface area contributed by atoms with Gasteiger partial charge in [-0.2, -0.15) is 0 Å². The van der Waals surface area contributed by atoms with E-state index >= 15 is 0 Å². The van der Waals surface area contributed by atoms with E-state index in [0.717, 1.165) is 39.5 Å². The van der Waals surface area contributed by atoms with Crippen LogP contribution in [-0.2, 0) is 0 Å². The Kier molecular flexibility index (Phi) is 6.66. The number of aliphatic imine (C=N–C) groups is 1. The molecular weight excluding hydrogens is 681 g/mol. The lowest BCUT2D eigenvalue weighted by atomic mass is 9.97. The third kappa shape index (κ3) is 4.63. The van der Waals surface area contributed by atoms with Gasteiger partial charge >= 0.3 is 0 Å². The van der Waals surface area contributed by atoms with Crippen LogP contribution < -0.4 is 5.32 Å². The summed E-state index contributed by atoms with van der Waals surface area (Å²) in [4.78, 5) is 5.28. The number of hydrogen-bond acceptors (Lipinski definition) is 2. The molecule has 0 spiro atoms. The van der Waals surface area contributed by atoms with Gasteiger partial charge in [0.1, 0.15) is 6.17 Å². The minimum absolute atomic E-state index is 0.197. The van der Waals surface area contributed by atoms with Crippen molar-refractivity contribution in [3.63, 3.8) is 0 Å². The smallest absolute Gasteiger partial charge is 0.145 e. The fraction of sp³-hybridized carbons (Fsp3) is 0.0192. The topological polar surface area (TPSA) is 34.2 Å². The van der Waals surface area contributed by atoms with Gasteiger partial charge in [0.2, 0.25) is 0 Å². The number of hydrogen-bond donors (Lipinski definition) is 1. The Morgan fingerprint density at radius 2 is 1.09 bits per heavy atom. The highest BCUT2D eigenvalue weighted by atomic mass is 15.1. The van der Waals surface area contributed by atoms with Crippen LogP contribution in [-0.4, -0.2) is 14.8 Å². The molecule has 0 bridgehead atoms. The van der Waals surface area contributed by atoms with Crippen molar-refractivity contribution >= 4 is 76.6 Å². The molecule has 1 aliphatic rings. The molecule has 4 heteroatoms. The first-order valence-corrected chi connectivity index (χ1v) is 19.2. The van der Waals surface area contributed by atoms with Crippen molar-refractivity contribution < 1.29 is 0 Å². The third-order valence-corrected chi connectivity index (χ3v) is 11.7. The van der Waals surface area contributed by atoms with Gasteiger partial charge in [0.05, 0.1) is 27.8 Å². The third-order valence-electron chi connectivity index (χ3n) is 11.7. The number of aromatic nitrogens is 2. The Labute approximate surface area is 323 Å². The van der Waals surface area contributed by atoms with E-state index in [1.807, 2.05) is 0 Å². The number of fused-ring (bicyclic) bond motifs is 10. The zero-order valence-corrected chi connectivity index (χ0v) is 30.4. The second-order valence-corrected chi connectivity index (χ2v) is 14.8. The van der Waals surface area contributed by atoms with E-state index < -0.39 is 0 Å². The average Bonchev–Trinajstić information content (AvgIpc) is 3.77. The molecule has 0 fully saturated rings. The maximum Gasteiger partial charge on any atom is 0.145 e. The van der Waals surface area contributed by atoms with Crippen molar-refractivity contribution in [1.82, 2.24) is 9.13 Å². The molecule has 262 valence electrons. The summed E-state index contributed by atoms with van der Waals surface area (Å²) in [6, 6.07) is 70.3. The van der Waals surface area contributed by atoms with E-state index in [-0.39, 0.29) is 6.17 Å². The van der Waals surface area contributed by atoms with Crippen molar-refractivity contribution in [3.05, 3.63) is 211 Å². The fourth-order valence-electron chi connectivity index (χ4n) is 9.12. The molecule has 11 aromatic rings. The predicted molar refractivity (Wildman–Crippen MR) is 235 cm³/mol. The summed E-state index contributed by atoms with van der Waals surface area (Å²) >= 11 is 0. The summed E-state index contributed by atoms with van der Waals surface area (Å²) in [6.45, 7) is 0. The molecule has 1 aliphatic heterocycles. The first kappa shape index (κ1) is 31.0. The average molecular weight is 715 g/mol. The largest absolute Gasteiger partial charge is 0.360 e. The minimum atomic E-state index is -0.197. The lowest BCUT2D eigenvalue weighted by molar-refractivity contribution is 0.830. The second kappa shape index (κ2) is 12.0. The molecule has 0 amide bonds. The number of nitrogens with zero attached hydrogens (tertiary/aromatic N) is 3. The monoisotopic (exact) mass is 714 g/mol. The van der Waals surface area contributed by atoms with Gasteiger partial charge in [0.25, 0.3) is 0 Å². The van der Waals surface area contributed by atoms with Crippen molar-refractivity contribution in [2.24, 2.45) is 4.99 Å². The van der Waals surface area contributed by atoms with Gasteiger partial charge in [-0.05, 0) is 87.8 Å². The SMILES string of the molecule is c1ccc(C2=NC(c3ccc4cc(-n5c6ccccc6c6cc7c8c9ccccc9ccc8n(-c8ccccc8)c7cc65)ccc4c3)Nc3ccccc32)cc1. The molecule has 0 radical (unpaired) electrons. The van der Waals surface area contributed by atoms with E-state index in [9.17, 15) is 0 Å². The number of para-hydroxylation sites is 3. The van der Waals surface area contributed by atoms with Crippen LogP contribution in [0.1, 0.15) is 22.9 Å². The lowest BCUT2D eigenvalue weighted by Gasteiger charge is -2.26. The normalized spacial score (nSPS) is 14.1. The highest BCUT2D eigenvalue weighted by Gasteiger charge is 2.23. The molecule has 4 nitrogen and oxygen atoms in total. The molecule has 9 aromatic carbocycles. The summed E-state index contributed by atoms with van der Waals surface area (Å²) < 4.78 is 4.88. The van der Waals surface area contributed by atoms with Crippen molar-refractivity contribution in [3.8, 4) is 11.4 Å². The van der Waals surface area contributed by atoms with Crippen LogP contribution in [0, 0.1) is 0 Å². The predicted octanol–water partition coefficient (Wildman–Crippen LogP) is 13.1. The van der Waals surface area contributed by atoms with Gasteiger partial charge in [-0.1, -0.05) is 133 Å². The van der Waals surface area contributed by atoms with Crippen molar-refractivity contribution in [2.45, 2.75) is 6.17 Å². The molecular formula is C52H34N4. The first-order valence-electron chi connectivity index (χ1n) is 19.2. The van der Waals surface area contributed by atoms with E-state index in [1.54, 1.807) is 0 Å². The van der Waals surface area contributed by atoms with Crippen LogP contribution in [0.15, 0.2) is 199 Å². The van der Waals surface area contributed by atoms with E-state index in [1.165, 1.54) is 65.2 Å². The molecule has 1 atom stereocenters. The van der Waals surface area contributed by atoms with Gasteiger partial charge in [-0.3, -0.25) is 4.99 Å². The summed E-state index contributed by atoms with van der Waals surface area (Å²) in [5.74, 6) is 0. The standard InChI is InChI=1S/C52H34N4/c1-3-14-34(15-4-1)51-42-20-9-11-21-45(42)53-52(54-51)37-24-23-36-30-39(27-25-35(36)29-37)56-46-22-12-10-19-41(46)43-31-44-49(32-48(43)56)55(38-16-5-2-6-17-38)47-28-26-33-13-7-8-18-40(33)50(44)47/h1-32,52-53H. The second-order valence-electron chi connectivity index (χ2n) is 14.8. The van der Waals surface area contributed by atoms with Gasteiger partial charge in [-0.25, -0.2) is 0 Å². The van der Waals surface area contributed by atoms with Gasteiger partial charge in [-0.15, -0.1) is 0 Å². The van der Waals surface area contributed by atoms with Gasteiger partial charge in [0, 0.05) is 49.7 Å². The summed E-state index contributed by atoms with van der Waals surface area (Å²) in [6.07, 6.45) is -0.197. The zero-order valence-electron chi connectivity index (χ0n) is 30.4. The van der Waals surface area contributed by atoms with Crippen LogP contribution in [0.2, 0.25) is 0 Å². The quantitative estimate of drug-likeness (QED) is 0.193. The molecule has 12 rings (SSSR count). The van der Waals surface area contributed by atoms with Crippen LogP contribution in [0.3, 0.4) is 0 Å². The maximum atomic E-state index is 5.28. The molecule has 1 N–H and O–H groups in total. The fourth-order valence-corrected chi connectivity index (χ4v) is 9.12. The highest BCUT2D eigenvalue weighted by molar-refractivity contribution is 6.25. The summed E-state index contributed by atoms with van der Waals surface area (Å²) in [7, 11) is 0. The maximum absolute atomic E-state index is 5.28. The lowest BCUT2D eigenvalue weighted by Crippen LogP contribution is -2.20. The van der Waals surface area contributed by atoms with Crippen molar-refractivity contribution in [1.29, 1.82) is 0 Å². The van der Waals surface area contributed by atoms with E-state index in [0.29, 0.717) is 0 Å². The zero-order chi connectivity index (χ0) is 36.7. The Morgan fingerprint density at radius 1 is 0.411 bits per heavy atom. The summed E-state index contributed by atoms with van der Waals surface area (Å²) in [5.41, 5.74) is 12.6. The molecule has 0 saturated carbocycles. The number of rotatable bonds is 4. The highest BCUT2D eigenvalue weighted by Crippen LogP contribution is 2.42.